The van der Waals surface area contributed by atoms with Gasteiger partial charge >= 0.3 is 13.6 Å². The van der Waals surface area contributed by atoms with E-state index in [2.05, 4.69) is 4.74 Å². The van der Waals surface area contributed by atoms with E-state index in [9.17, 15) is 9.36 Å². The molecule has 0 aromatic rings. The summed E-state index contributed by atoms with van der Waals surface area (Å²) in [4.78, 5) is 11.5. The summed E-state index contributed by atoms with van der Waals surface area (Å²) in [5.41, 5.74) is -0.838. The van der Waals surface area contributed by atoms with E-state index in [0.29, 0.717) is 12.3 Å². The zero-order chi connectivity index (χ0) is 12.8. The number of hydrogen-bond acceptors (Lipinski definition) is 5. The van der Waals surface area contributed by atoms with Crippen LogP contribution in [0.15, 0.2) is 0 Å². The first-order valence-electron chi connectivity index (χ1n) is 5.20. The number of esters is 1. The molecular weight excluding hydrogens is 231 g/mol. The average Bonchev–Trinajstić information content (AvgIpc) is 2.27. The van der Waals surface area contributed by atoms with Crippen LogP contribution in [0.1, 0.15) is 26.7 Å². The molecule has 0 aromatic carbocycles. The van der Waals surface area contributed by atoms with Crippen LogP contribution in [0.2, 0.25) is 0 Å². The van der Waals surface area contributed by atoms with Crippen LogP contribution in [-0.4, -0.2) is 33.0 Å². The molecule has 0 amide bonds. The van der Waals surface area contributed by atoms with Crippen LogP contribution >= 0.6 is 7.60 Å². The molecule has 0 aliphatic rings. The molecule has 0 radical (unpaired) electrons. The molecule has 1 unspecified atom stereocenters. The summed E-state index contributed by atoms with van der Waals surface area (Å²) in [5.74, 6) is -0.137. The quantitative estimate of drug-likeness (QED) is 0.514. The maximum absolute atomic E-state index is 12.1. The first-order valence-corrected chi connectivity index (χ1v) is 6.81. The largest absolute Gasteiger partial charge is 0.468 e. The summed E-state index contributed by atoms with van der Waals surface area (Å²) >= 11 is 0. The lowest BCUT2D eigenvalue weighted by Crippen LogP contribution is -2.24. The summed E-state index contributed by atoms with van der Waals surface area (Å²) in [5, 5.41) is 0. The minimum absolute atomic E-state index is 0.411. The highest BCUT2D eigenvalue weighted by Gasteiger charge is 2.40. The van der Waals surface area contributed by atoms with E-state index in [-0.39, 0.29) is 0 Å². The van der Waals surface area contributed by atoms with Gasteiger partial charge in [0.2, 0.25) is 0 Å². The summed E-state index contributed by atoms with van der Waals surface area (Å²) < 4.78 is 26.4. The van der Waals surface area contributed by atoms with Gasteiger partial charge in [-0.25, -0.2) is 0 Å². The van der Waals surface area contributed by atoms with Crippen molar-refractivity contribution in [2.75, 3.05) is 21.3 Å². The lowest BCUT2D eigenvalue weighted by atomic mass is 10.1. The minimum Gasteiger partial charge on any atom is -0.468 e. The molecule has 96 valence electrons. The molecule has 1 atom stereocenters. The van der Waals surface area contributed by atoms with Gasteiger partial charge in [0.25, 0.3) is 0 Å². The second kappa shape index (κ2) is 7.05. The first-order chi connectivity index (χ1) is 7.41. The summed E-state index contributed by atoms with van der Waals surface area (Å²) in [7, 11) is 0.416. The Labute approximate surface area is 97.0 Å². The van der Waals surface area contributed by atoms with Crippen molar-refractivity contribution in [2.45, 2.75) is 32.3 Å². The molecule has 0 saturated heterocycles. The molecule has 0 aliphatic heterocycles. The van der Waals surface area contributed by atoms with E-state index in [1.54, 1.807) is 0 Å². The van der Waals surface area contributed by atoms with E-state index in [1.165, 1.54) is 21.3 Å². The van der Waals surface area contributed by atoms with Crippen molar-refractivity contribution in [3.8, 4) is 0 Å². The Kier molecular flexibility index (Phi) is 6.88. The Bertz CT molecular complexity index is 256. The topological polar surface area (TPSA) is 61.8 Å². The lowest BCUT2D eigenvalue weighted by Gasteiger charge is -2.22. The lowest BCUT2D eigenvalue weighted by molar-refractivity contribution is -0.140. The molecular formula is C10H21O5P. The van der Waals surface area contributed by atoms with E-state index in [0.717, 1.165) is 6.42 Å². The summed E-state index contributed by atoms with van der Waals surface area (Å²) in [6.07, 6.45) is 1.19. The molecule has 0 fully saturated rings. The van der Waals surface area contributed by atoms with Crippen LogP contribution in [0, 0.1) is 5.92 Å². The Hall–Kier alpha value is -0.380. The van der Waals surface area contributed by atoms with Crippen LogP contribution in [0.5, 0.6) is 0 Å². The third kappa shape index (κ3) is 4.24. The molecule has 16 heavy (non-hydrogen) atoms. The third-order valence-electron chi connectivity index (χ3n) is 2.38. The van der Waals surface area contributed by atoms with Crippen molar-refractivity contribution in [1.82, 2.24) is 0 Å². The van der Waals surface area contributed by atoms with Gasteiger partial charge in [-0.1, -0.05) is 13.8 Å². The van der Waals surface area contributed by atoms with Gasteiger partial charge in [0.05, 0.1) is 7.11 Å². The van der Waals surface area contributed by atoms with Crippen molar-refractivity contribution in [1.29, 1.82) is 0 Å². The van der Waals surface area contributed by atoms with Crippen LogP contribution in [0.3, 0.4) is 0 Å². The van der Waals surface area contributed by atoms with E-state index >= 15 is 0 Å². The monoisotopic (exact) mass is 252 g/mol. The molecule has 0 aromatic heterocycles. The van der Waals surface area contributed by atoms with Gasteiger partial charge < -0.3 is 13.8 Å². The average molecular weight is 252 g/mol. The fourth-order valence-corrected chi connectivity index (χ4v) is 2.85. The predicted molar refractivity (Wildman–Crippen MR) is 61.5 cm³/mol. The van der Waals surface area contributed by atoms with Crippen LogP contribution < -0.4 is 0 Å². The molecule has 0 aliphatic carbocycles. The maximum Gasteiger partial charge on any atom is 0.344 e. The predicted octanol–water partition coefficient (Wildman–Crippen LogP) is 2.45. The van der Waals surface area contributed by atoms with Crippen LogP contribution in [0.4, 0.5) is 0 Å². The highest BCUT2D eigenvalue weighted by Crippen LogP contribution is 2.53. The zero-order valence-corrected chi connectivity index (χ0v) is 11.5. The van der Waals surface area contributed by atoms with Crippen molar-refractivity contribution in [3.05, 3.63) is 0 Å². The summed E-state index contributed by atoms with van der Waals surface area (Å²) in [6.45, 7) is 4.05. The number of ether oxygens (including phenoxy) is 1. The number of methoxy groups -OCH3 is 1. The Morgan fingerprint density at radius 3 is 1.94 bits per heavy atom. The van der Waals surface area contributed by atoms with Gasteiger partial charge in [-0.15, -0.1) is 0 Å². The second-order valence-corrected chi connectivity index (χ2v) is 6.35. The number of carbonyl (C=O) groups excluding carboxylic acids is 1. The van der Waals surface area contributed by atoms with E-state index in [4.69, 9.17) is 9.05 Å². The molecule has 6 heteroatoms. The SMILES string of the molecule is COC(=O)C(CCC(C)C)P(=O)(OC)OC. The van der Waals surface area contributed by atoms with Gasteiger partial charge in [-0.2, -0.15) is 0 Å². The molecule has 5 nitrogen and oxygen atoms in total. The number of hydrogen-bond donors (Lipinski definition) is 0. The highest BCUT2D eigenvalue weighted by molar-refractivity contribution is 7.55. The smallest absolute Gasteiger partial charge is 0.344 e. The molecule has 0 rings (SSSR count). The highest BCUT2D eigenvalue weighted by atomic mass is 31.2. The van der Waals surface area contributed by atoms with Gasteiger partial charge in [-0.05, 0) is 18.8 Å². The minimum atomic E-state index is -3.39. The van der Waals surface area contributed by atoms with Crippen LogP contribution in [0.25, 0.3) is 0 Å². The number of rotatable bonds is 7. The van der Waals surface area contributed by atoms with E-state index < -0.39 is 19.2 Å². The van der Waals surface area contributed by atoms with Crippen molar-refractivity contribution in [3.63, 3.8) is 0 Å². The molecule has 0 saturated carbocycles. The van der Waals surface area contributed by atoms with E-state index in [1.807, 2.05) is 13.8 Å². The van der Waals surface area contributed by atoms with Crippen LogP contribution in [-0.2, 0) is 23.1 Å². The van der Waals surface area contributed by atoms with Gasteiger partial charge in [0, 0.05) is 14.2 Å². The normalized spacial score (nSPS) is 13.9. The first kappa shape index (κ1) is 15.6. The fourth-order valence-electron chi connectivity index (χ4n) is 1.36. The van der Waals surface area contributed by atoms with Crippen molar-refractivity contribution < 1.29 is 23.1 Å². The van der Waals surface area contributed by atoms with Gasteiger partial charge in [0.1, 0.15) is 0 Å². The van der Waals surface area contributed by atoms with Crippen molar-refractivity contribution in [2.24, 2.45) is 5.92 Å². The number of carbonyl (C=O) groups is 1. The van der Waals surface area contributed by atoms with Gasteiger partial charge in [0.15, 0.2) is 5.66 Å². The molecule has 0 heterocycles. The maximum atomic E-state index is 12.1. The standard InChI is InChI=1S/C10H21O5P/c1-8(2)6-7-9(10(11)13-3)16(12,14-4)15-5/h8-9H,6-7H2,1-5H3. The van der Waals surface area contributed by atoms with Gasteiger partial charge in [-0.3, -0.25) is 9.36 Å². The molecule has 0 bridgehead atoms. The Balaban J connectivity index is 4.79. The third-order valence-corrected chi connectivity index (χ3v) is 4.63. The van der Waals surface area contributed by atoms with Crippen molar-refractivity contribution >= 4 is 13.6 Å². The summed E-state index contributed by atoms with van der Waals surface area (Å²) in [6, 6.07) is 0. The zero-order valence-electron chi connectivity index (χ0n) is 10.6. The Morgan fingerprint density at radius 2 is 1.62 bits per heavy atom. The Morgan fingerprint density at radius 1 is 1.12 bits per heavy atom. The molecule has 0 N–H and O–H groups in total. The fraction of sp³-hybridized carbons (Fsp3) is 0.900. The molecule has 0 spiro atoms. The second-order valence-electron chi connectivity index (χ2n) is 3.92.